The van der Waals surface area contributed by atoms with Crippen LogP contribution in [0.4, 0.5) is 0 Å². The van der Waals surface area contributed by atoms with E-state index in [-0.39, 0.29) is 5.75 Å². The Morgan fingerprint density at radius 1 is 0.680 bits per heavy atom. The molecule has 1 N–H and O–H groups in total. The Morgan fingerprint density at radius 3 is 2.00 bits per heavy atom. The Kier molecular flexibility index (Phi) is 3.68. The minimum atomic E-state index is 0.259. The van der Waals surface area contributed by atoms with Gasteiger partial charge in [-0.25, -0.2) is 0 Å². The zero-order valence-corrected chi connectivity index (χ0v) is 13.5. The van der Waals surface area contributed by atoms with Gasteiger partial charge in [0.1, 0.15) is 5.75 Å². The maximum Gasteiger partial charge on any atom is 0.124 e. The Morgan fingerprint density at radius 2 is 1.32 bits per heavy atom. The summed E-state index contributed by atoms with van der Waals surface area (Å²) in [6, 6.07) is 29.5. The van der Waals surface area contributed by atoms with Crippen LogP contribution in [-0.2, 0) is 0 Å². The molecule has 0 bridgehead atoms. The number of fused-ring (bicyclic) bond motifs is 1. The molecule has 4 aromatic rings. The molecule has 0 amide bonds. The molecule has 0 aliphatic heterocycles. The summed E-state index contributed by atoms with van der Waals surface area (Å²) < 4.78 is 0. The molecule has 4 aromatic carbocycles. The first-order valence-electron chi connectivity index (χ1n) is 8.08. The van der Waals surface area contributed by atoms with Crippen LogP contribution in [0, 0.1) is 11.3 Å². The third-order valence-corrected chi connectivity index (χ3v) is 4.41. The number of nitrogens with zero attached hydrogens (tertiary/aromatic N) is 1. The van der Waals surface area contributed by atoms with E-state index in [0.717, 1.165) is 33.0 Å². The molecule has 4 rings (SSSR count). The van der Waals surface area contributed by atoms with Crippen molar-refractivity contribution in [3.63, 3.8) is 0 Å². The van der Waals surface area contributed by atoms with E-state index in [2.05, 4.69) is 18.2 Å². The van der Waals surface area contributed by atoms with Crippen LogP contribution in [0.1, 0.15) is 5.56 Å². The van der Waals surface area contributed by atoms with Crippen molar-refractivity contribution in [3.8, 4) is 34.1 Å². The van der Waals surface area contributed by atoms with Crippen LogP contribution in [0.25, 0.3) is 33.0 Å². The van der Waals surface area contributed by atoms with E-state index in [1.54, 1.807) is 12.1 Å². The van der Waals surface area contributed by atoms with Gasteiger partial charge >= 0.3 is 0 Å². The summed E-state index contributed by atoms with van der Waals surface area (Å²) in [5.41, 5.74) is 4.72. The molecule has 0 aromatic heterocycles. The van der Waals surface area contributed by atoms with Crippen molar-refractivity contribution in [2.75, 3.05) is 0 Å². The fraction of sp³-hybridized carbons (Fsp3) is 0. The summed E-state index contributed by atoms with van der Waals surface area (Å²) >= 11 is 0. The van der Waals surface area contributed by atoms with Crippen molar-refractivity contribution in [1.29, 1.82) is 5.26 Å². The average Bonchev–Trinajstić information content (AvgIpc) is 2.69. The largest absolute Gasteiger partial charge is 0.507 e. The highest BCUT2D eigenvalue weighted by atomic mass is 16.3. The number of aromatic hydroxyl groups is 1. The van der Waals surface area contributed by atoms with E-state index < -0.39 is 0 Å². The second-order valence-electron chi connectivity index (χ2n) is 5.92. The molecule has 0 atom stereocenters. The predicted molar refractivity (Wildman–Crippen MR) is 101 cm³/mol. The lowest BCUT2D eigenvalue weighted by atomic mass is 9.89. The average molecular weight is 321 g/mol. The molecular formula is C23H15NO. The van der Waals surface area contributed by atoms with Crippen LogP contribution < -0.4 is 0 Å². The molecule has 0 fully saturated rings. The normalized spacial score (nSPS) is 10.5. The number of phenols is 1. The van der Waals surface area contributed by atoms with Gasteiger partial charge in [-0.05, 0) is 45.8 Å². The quantitative estimate of drug-likeness (QED) is 0.511. The SMILES string of the molecule is N#Cc1ccc(-c2cc(O)c3ccccc3c2-c2ccccc2)cc1. The van der Waals surface area contributed by atoms with E-state index in [0.29, 0.717) is 5.56 Å². The lowest BCUT2D eigenvalue weighted by Gasteiger charge is -2.15. The second-order valence-corrected chi connectivity index (χ2v) is 5.92. The monoisotopic (exact) mass is 321 g/mol. The van der Waals surface area contributed by atoms with Crippen molar-refractivity contribution in [2.24, 2.45) is 0 Å². The standard InChI is InChI=1S/C23H15NO/c24-15-16-10-12-17(13-11-16)21-14-22(25)19-8-4-5-9-20(19)23(21)18-6-2-1-3-7-18/h1-14,25H. The number of benzene rings is 4. The minimum absolute atomic E-state index is 0.259. The molecule has 25 heavy (non-hydrogen) atoms. The highest BCUT2D eigenvalue weighted by molar-refractivity contribution is 6.06. The maximum absolute atomic E-state index is 10.5. The molecule has 0 aliphatic rings. The van der Waals surface area contributed by atoms with Gasteiger partial charge in [0.05, 0.1) is 11.6 Å². The number of hydrogen-bond acceptors (Lipinski definition) is 2. The molecule has 0 unspecified atom stereocenters. The molecule has 0 saturated carbocycles. The summed E-state index contributed by atoms with van der Waals surface area (Å²) in [6.07, 6.45) is 0. The first-order chi connectivity index (χ1) is 12.3. The Balaban J connectivity index is 2.08. The highest BCUT2D eigenvalue weighted by Crippen LogP contribution is 2.42. The Labute approximate surface area is 146 Å². The van der Waals surface area contributed by atoms with Gasteiger partial charge in [-0.15, -0.1) is 0 Å². The van der Waals surface area contributed by atoms with Crippen LogP contribution in [-0.4, -0.2) is 5.11 Å². The lowest BCUT2D eigenvalue weighted by Crippen LogP contribution is -1.89. The molecule has 0 spiro atoms. The third-order valence-electron chi connectivity index (χ3n) is 4.41. The fourth-order valence-electron chi connectivity index (χ4n) is 3.22. The summed E-state index contributed by atoms with van der Waals surface area (Å²) in [4.78, 5) is 0. The van der Waals surface area contributed by atoms with Gasteiger partial charge in [0, 0.05) is 5.39 Å². The smallest absolute Gasteiger partial charge is 0.124 e. The number of phenolic OH excluding ortho intramolecular Hbond substituents is 1. The van der Waals surface area contributed by atoms with E-state index in [1.165, 1.54) is 0 Å². The van der Waals surface area contributed by atoms with Crippen molar-refractivity contribution in [3.05, 3.63) is 90.5 Å². The number of rotatable bonds is 2. The predicted octanol–water partition coefficient (Wildman–Crippen LogP) is 5.75. The summed E-state index contributed by atoms with van der Waals surface area (Å²) in [6.45, 7) is 0. The summed E-state index contributed by atoms with van der Waals surface area (Å²) in [5.74, 6) is 0.259. The van der Waals surface area contributed by atoms with E-state index in [9.17, 15) is 5.11 Å². The van der Waals surface area contributed by atoms with Gasteiger partial charge in [-0.2, -0.15) is 5.26 Å². The topological polar surface area (TPSA) is 44.0 Å². The molecule has 0 saturated heterocycles. The van der Waals surface area contributed by atoms with Gasteiger partial charge in [0.15, 0.2) is 0 Å². The summed E-state index contributed by atoms with van der Waals surface area (Å²) in [7, 11) is 0. The molecule has 0 heterocycles. The summed E-state index contributed by atoms with van der Waals surface area (Å²) in [5, 5.41) is 21.4. The van der Waals surface area contributed by atoms with Crippen molar-refractivity contribution >= 4 is 10.8 Å². The second kappa shape index (κ2) is 6.14. The maximum atomic E-state index is 10.5. The zero-order valence-electron chi connectivity index (χ0n) is 13.5. The van der Waals surface area contributed by atoms with Gasteiger partial charge in [-0.3, -0.25) is 0 Å². The molecule has 2 nitrogen and oxygen atoms in total. The first-order valence-corrected chi connectivity index (χ1v) is 8.08. The van der Waals surface area contributed by atoms with Crippen LogP contribution in [0.3, 0.4) is 0 Å². The van der Waals surface area contributed by atoms with Gasteiger partial charge < -0.3 is 5.11 Å². The third kappa shape index (κ3) is 2.62. The first kappa shape index (κ1) is 15.0. The van der Waals surface area contributed by atoms with E-state index in [4.69, 9.17) is 5.26 Å². The highest BCUT2D eigenvalue weighted by Gasteiger charge is 2.14. The Bertz CT molecular complexity index is 1090. The lowest BCUT2D eigenvalue weighted by molar-refractivity contribution is 0.482. The van der Waals surface area contributed by atoms with Crippen LogP contribution >= 0.6 is 0 Å². The minimum Gasteiger partial charge on any atom is -0.507 e. The Hall–Kier alpha value is -3.57. The molecular weight excluding hydrogens is 306 g/mol. The van der Waals surface area contributed by atoms with Crippen LogP contribution in [0.15, 0.2) is 84.9 Å². The molecule has 2 heteroatoms. The van der Waals surface area contributed by atoms with Crippen molar-refractivity contribution in [1.82, 2.24) is 0 Å². The van der Waals surface area contributed by atoms with E-state index >= 15 is 0 Å². The van der Waals surface area contributed by atoms with Crippen molar-refractivity contribution in [2.45, 2.75) is 0 Å². The zero-order chi connectivity index (χ0) is 17.2. The van der Waals surface area contributed by atoms with Crippen molar-refractivity contribution < 1.29 is 5.11 Å². The van der Waals surface area contributed by atoms with Gasteiger partial charge in [0.25, 0.3) is 0 Å². The van der Waals surface area contributed by atoms with Gasteiger partial charge in [-0.1, -0.05) is 66.7 Å². The molecule has 118 valence electrons. The van der Waals surface area contributed by atoms with Crippen LogP contribution in [0.5, 0.6) is 5.75 Å². The van der Waals surface area contributed by atoms with Gasteiger partial charge in [0.2, 0.25) is 0 Å². The fourth-order valence-corrected chi connectivity index (χ4v) is 3.22. The molecule has 0 aliphatic carbocycles. The number of hydrogen-bond donors (Lipinski definition) is 1. The number of nitriles is 1. The molecule has 0 radical (unpaired) electrons. The van der Waals surface area contributed by atoms with Crippen LogP contribution in [0.2, 0.25) is 0 Å². The van der Waals surface area contributed by atoms with E-state index in [1.807, 2.05) is 60.7 Å².